The predicted octanol–water partition coefficient (Wildman–Crippen LogP) is 3.89. The average molecular weight is 288 g/mol. The number of likely N-dealkylation sites (tertiary alicyclic amines) is 1. The molecule has 2 nitrogen and oxygen atoms in total. The monoisotopic (exact) mass is 288 g/mol. The summed E-state index contributed by atoms with van der Waals surface area (Å²) in [6, 6.07) is 9.43. The Hall–Kier alpha value is -0.900. The lowest BCUT2D eigenvalue weighted by Crippen LogP contribution is -2.41. The van der Waals surface area contributed by atoms with Crippen molar-refractivity contribution in [1.29, 1.82) is 0 Å². The highest BCUT2D eigenvalue weighted by atomic mass is 32.1. The molecule has 3 rings (SSSR count). The molecule has 0 bridgehead atoms. The zero-order valence-corrected chi connectivity index (χ0v) is 13.2. The Morgan fingerprint density at radius 1 is 1.35 bits per heavy atom. The van der Waals surface area contributed by atoms with Crippen LogP contribution in [0.2, 0.25) is 0 Å². The van der Waals surface area contributed by atoms with E-state index in [4.69, 9.17) is 0 Å². The van der Waals surface area contributed by atoms with Gasteiger partial charge in [-0.05, 0) is 67.8 Å². The minimum atomic E-state index is 0.581. The number of nitrogens with zero attached hydrogens (tertiary/aromatic N) is 1. The van der Waals surface area contributed by atoms with E-state index in [-0.39, 0.29) is 0 Å². The Balaban J connectivity index is 2.02. The largest absolute Gasteiger partial charge is 0.319 e. The van der Waals surface area contributed by atoms with Crippen LogP contribution in [0, 0.1) is 5.92 Å². The van der Waals surface area contributed by atoms with Crippen LogP contribution in [-0.2, 0) is 0 Å². The first-order chi connectivity index (χ1) is 9.85. The highest BCUT2D eigenvalue weighted by molar-refractivity contribution is 7.17. The Labute approximate surface area is 125 Å². The molecule has 1 fully saturated rings. The van der Waals surface area contributed by atoms with Gasteiger partial charge in [-0.3, -0.25) is 4.90 Å². The van der Waals surface area contributed by atoms with Crippen molar-refractivity contribution < 1.29 is 0 Å². The Bertz CT molecular complexity index is 561. The first-order valence-electron chi connectivity index (χ1n) is 7.70. The summed E-state index contributed by atoms with van der Waals surface area (Å²) < 4.78 is 1.42. The Morgan fingerprint density at radius 3 is 3.00 bits per heavy atom. The van der Waals surface area contributed by atoms with Gasteiger partial charge in [-0.2, -0.15) is 0 Å². The standard InChI is InChI=1S/C17H24N2S/c1-3-19-10-6-7-13(11-18-2)17(19)15-12-20-16-9-5-4-8-14(15)16/h4-5,8-9,12-13,17-18H,3,6-7,10-11H2,1-2H3. The molecule has 1 aromatic heterocycles. The van der Waals surface area contributed by atoms with Crippen LogP contribution in [0.4, 0.5) is 0 Å². The SMILES string of the molecule is CCN1CCCC(CNC)C1c1csc2ccccc12. The van der Waals surface area contributed by atoms with Crippen LogP contribution in [-0.4, -0.2) is 31.6 Å². The Kier molecular flexibility index (Phi) is 4.39. The molecule has 0 aliphatic carbocycles. The molecule has 0 amide bonds. The van der Waals surface area contributed by atoms with Crippen molar-refractivity contribution in [1.82, 2.24) is 10.2 Å². The minimum absolute atomic E-state index is 0.581. The van der Waals surface area contributed by atoms with Crippen molar-refractivity contribution in [2.45, 2.75) is 25.8 Å². The zero-order valence-electron chi connectivity index (χ0n) is 12.4. The number of fused-ring (bicyclic) bond motifs is 1. The van der Waals surface area contributed by atoms with Gasteiger partial charge in [0.15, 0.2) is 0 Å². The van der Waals surface area contributed by atoms with Gasteiger partial charge in [-0.15, -0.1) is 11.3 Å². The summed E-state index contributed by atoms with van der Waals surface area (Å²) in [4.78, 5) is 2.67. The molecule has 0 spiro atoms. The van der Waals surface area contributed by atoms with Crippen molar-refractivity contribution in [2.75, 3.05) is 26.7 Å². The lowest BCUT2D eigenvalue weighted by atomic mass is 9.84. The summed E-state index contributed by atoms with van der Waals surface area (Å²) in [7, 11) is 2.08. The first kappa shape index (κ1) is 14.1. The lowest BCUT2D eigenvalue weighted by Gasteiger charge is -2.41. The fourth-order valence-electron chi connectivity index (χ4n) is 3.66. The van der Waals surface area contributed by atoms with Gasteiger partial charge in [-0.1, -0.05) is 25.1 Å². The third-order valence-corrected chi connectivity index (χ3v) is 5.54. The van der Waals surface area contributed by atoms with Crippen LogP contribution in [0.3, 0.4) is 0 Å². The summed E-state index contributed by atoms with van der Waals surface area (Å²) in [5.74, 6) is 0.728. The van der Waals surface area contributed by atoms with Gasteiger partial charge in [0.25, 0.3) is 0 Å². The van der Waals surface area contributed by atoms with E-state index >= 15 is 0 Å². The molecule has 2 aromatic rings. The maximum atomic E-state index is 3.40. The molecule has 1 N–H and O–H groups in total. The Morgan fingerprint density at radius 2 is 2.20 bits per heavy atom. The zero-order chi connectivity index (χ0) is 13.9. The number of rotatable bonds is 4. The van der Waals surface area contributed by atoms with Crippen LogP contribution in [0.1, 0.15) is 31.4 Å². The summed E-state index contributed by atoms with van der Waals surface area (Å²) in [5.41, 5.74) is 1.55. The summed E-state index contributed by atoms with van der Waals surface area (Å²) >= 11 is 1.89. The van der Waals surface area contributed by atoms with Crippen LogP contribution < -0.4 is 5.32 Å². The van der Waals surface area contributed by atoms with Gasteiger partial charge in [0.2, 0.25) is 0 Å². The van der Waals surface area contributed by atoms with E-state index in [1.54, 1.807) is 5.56 Å². The van der Waals surface area contributed by atoms with Crippen LogP contribution >= 0.6 is 11.3 Å². The minimum Gasteiger partial charge on any atom is -0.319 e. The molecule has 0 radical (unpaired) electrons. The molecule has 3 heteroatoms. The second-order valence-electron chi connectivity index (χ2n) is 5.72. The number of benzene rings is 1. The van der Waals surface area contributed by atoms with E-state index < -0.39 is 0 Å². The van der Waals surface area contributed by atoms with Gasteiger partial charge in [0.05, 0.1) is 0 Å². The van der Waals surface area contributed by atoms with Gasteiger partial charge in [-0.25, -0.2) is 0 Å². The fourth-order valence-corrected chi connectivity index (χ4v) is 4.65. The van der Waals surface area contributed by atoms with Gasteiger partial charge in [0.1, 0.15) is 0 Å². The number of hydrogen-bond donors (Lipinski definition) is 1. The maximum Gasteiger partial charge on any atom is 0.0402 e. The normalized spacial score (nSPS) is 24.3. The fraction of sp³-hybridized carbons (Fsp3) is 0.529. The van der Waals surface area contributed by atoms with E-state index in [1.807, 2.05) is 11.3 Å². The molecule has 2 atom stereocenters. The molecule has 2 heterocycles. The molecule has 1 saturated heterocycles. The second-order valence-corrected chi connectivity index (χ2v) is 6.63. The van der Waals surface area contributed by atoms with Crippen LogP contribution in [0.15, 0.2) is 29.6 Å². The van der Waals surface area contributed by atoms with E-state index in [1.165, 1.54) is 29.5 Å². The van der Waals surface area contributed by atoms with E-state index in [0.717, 1.165) is 19.0 Å². The van der Waals surface area contributed by atoms with Crippen molar-refractivity contribution in [3.8, 4) is 0 Å². The molecule has 2 unspecified atom stereocenters. The molecule has 1 aliphatic heterocycles. The topological polar surface area (TPSA) is 15.3 Å². The van der Waals surface area contributed by atoms with Crippen LogP contribution in [0.5, 0.6) is 0 Å². The van der Waals surface area contributed by atoms with E-state index in [9.17, 15) is 0 Å². The van der Waals surface area contributed by atoms with E-state index in [2.05, 4.69) is 53.8 Å². The van der Waals surface area contributed by atoms with Gasteiger partial charge >= 0.3 is 0 Å². The summed E-state index contributed by atoms with van der Waals surface area (Å²) in [6.07, 6.45) is 2.67. The van der Waals surface area contributed by atoms with Crippen LogP contribution in [0.25, 0.3) is 10.1 Å². The second kappa shape index (κ2) is 6.25. The molecule has 20 heavy (non-hydrogen) atoms. The lowest BCUT2D eigenvalue weighted by molar-refractivity contribution is 0.0995. The average Bonchev–Trinajstić information content (AvgIpc) is 2.91. The molecule has 1 aliphatic rings. The van der Waals surface area contributed by atoms with E-state index in [0.29, 0.717) is 6.04 Å². The van der Waals surface area contributed by atoms with Crippen molar-refractivity contribution in [3.05, 3.63) is 35.2 Å². The highest BCUT2D eigenvalue weighted by Gasteiger charge is 2.32. The van der Waals surface area contributed by atoms with Gasteiger partial charge in [0, 0.05) is 10.7 Å². The number of thiophene rings is 1. The van der Waals surface area contributed by atoms with Crippen molar-refractivity contribution in [2.24, 2.45) is 5.92 Å². The molecule has 0 saturated carbocycles. The quantitative estimate of drug-likeness (QED) is 0.918. The van der Waals surface area contributed by atoms with Gasteiger partial charge < -0.3 is 5.32 Å². The number of nitrogens with one attached hydrogen (secondary N) is 1. The third kappa shape index (κ3) is 2.50. The highest BCUT2D eigenvalue weighted by Crippen LogP contribution is 2.40. The smallest absolute Gasteiger partial charge is 0.0402 e. The molecular weight excluding hydrogens is 264 g/mol. The predicted molar refractivity (Wildman–Crippen MR) is 88.5 cm³/mol. The number of hydrogen-bond acceptors (Lipinski definition) is 3. The van der Waals surface area contributed by atoms with Crippen molar-refractivity contribution >= 4 is 21.4 Å². The maximum absolute atomic E-state index is 3.40. The molecule has 1 aromatic carbocycles. The first-order valence-corrected chi connectivity index (χ1v) is 8.58. The molecular formula is C17H24N2S. The third-order valence-electron chi connectivity index (χ3n) is 4.56. The summed E-state index contributed by atoms with van der Waals surface area (Å²) in [5, 5.41) is 7.26. The summed E-state index contributed by atoms with van der Waals surface area (Å²) in [6.45, 7) is 5.80. The molecule has 108 valence electrons. The number of piperidine rings is 1. The van der Waals surface area contributed by atoms with Crippen molar-refractivity contribution in [3.63, 3.8) is 0 Å².